The van der Waals surface area contributed by atoms with Crippen LogP contribution in [0.1, 0.15) is 17.2 Å². The van der Waals surface area contributed by atoms with E-state index in [1.807, 2.05) is 24.3 Å². The van der Waals surface area contributed by atoms with Crippen LogP contribution in [-0.2, 0) is 0 Å². The zero-order valence-corrected chi connectivity index (χ0v) is 13.5. The van der Waals surface area contributed by atoms with E-state index in [2.05, 4.69) is 20.8 Å². The van der Waals surface area contributed by atoms with E-state index in [-0.39, 0.29) is 5.69 Å². The molecule has 1 unspecified atom stereocenters. The predicted molar refractivity (Wildman–Crippen MR) is 92.1 cm³/mol. The molecular weight excluding hydrogens is 344 g/mol. The lowest BCUT2D eigenvalue weighted by Crippen LogP contribution is -2.20. The third-order valence-electron chi connectivity index (χ3n) is 3.91. The summed E-state index contributed by atoms with van der Waals surface area (Å²) in [5.41, 5.74) is 2.26. The molecule has 1 aliphatic rings. The van der Waals surface area contributed by atoms with Gasteiger partial charge in [0.25, 0.3) is 5.69 Å². The quantitative estimate of drug-likeness (QED) is 0.572. The standard InChI is InChI=1S/C16H11ClN6O2/c17-13-7-2-1-6-12(13)14-9-15(22-16(18-14)19-20-21-22)10-4-3-5-11(8-10)23(24)25/h1-9,15H,(H,18,19,21). The van der Waals surface area contributed by atoms with Crippen molar-refractivity contribution in [3.05, 3.63) is 80.9 Å². The van der Waals surface area contributed by atoms with Gasteiger partial charge in [0, 0.05) is 28.4 Å². The largest absolute Gasteiger partial charge is 0.323 e. The molecule has 0 radical (unpaired) electrons. The molecule has 2 aromatic carbocycles. The molecule has 4 rings (SSSR count). The van der Waals surface area contributed by atoms with Gasteiger partial charge in [0.2, 0.25) is 5.95 Å². The maximum absolute atomic E-state index is 11.1. The Hall–Kier alpha value is -3.26. The minimum Gasteiger partial charge on any atom is -0.323 e. The number of nitro groups is 1. The van der Waals surface area contributed by atoms with Crippen LogP contribution in [0.15, 0.2) is 54.6 Å². The highest BCUT2D eigenvalue weighted by Gasteiger charge is 2.26. The molecule has 8 nitrogen and oxygen atoms in total. The van der Waals surface area contributed by atoms with Crippen LogP contribution in [0.3, 0.4) is 0 Å². The molecule has 1 aromatic heterocycles. The predicted octanol–water partition coefficient (Wildman–Crippen LogP) is 3.29. The van der Waals surface area contributed by atoms with Crippen molar-refractivity contribution in [1.29, 1.82) is 0 Å². The minimum atomic E-state index is -0.427. The number of halogens is 1. The Morgan fingerprint density at radius 3 is 2.84 bits per heavy atom. The molecular formula is C16H11ClN6O2. The number of nitrogens with zero attached hydrogens (tertiary/aromatic N) is 5. The Kier molecular flexibility index (Phi) is 3.66. The van der Waals surface area contributed by atoms with Gasteiger partial charge in [-0.1, -0.05) is 47.0 Å². The fourth-order valence-corrected chi connectivity index (χ4v) is 2.99. The molecule has 1 aliphatic heterocycles. The van der Waals surface area contributed by atoms with Crippen molar-refractivity contribution >= 4 is 28.9 Å². The molecule has 0 amide bonds. The maximum Gasteiger partial charge on any atom is 0.269 e. The van der Waals surface area contributed by atoms with Gasteiger partial charge in [0.1, 0.15) is 6.04 Å². The van der Waals surface area contributed by atoms with E-state index in [0.717, 1.165) is 11.3 Å². The Morgan fingerprint density at radius 1 is 1.20 bits per heavy atom. The number of fused-ring (bicyclic) bond motifs is 1. The van der Waals surface area contributed by atoms with E-state index >= 15 is 0 Å². The first kappa shape index (κ1) is 15.3. The van der Waals surface area contributed by atoms with Crippen LogP contribution in [0.2, 0.25) is 5.02 Å². The van der Waals surface area contributed by atoms with Gasteiger partial charge in [0.05, 0.1) is 4.92 Å². The van der Waals surface area contributed by atoms with Crippen molar-refractivity contribution in [2.24, 2.45) is 0 Å². The molecule has 1 atom stereocenters. The molecule has 9 heteroatoms. The van der Waals surface area contributed by atoms with Crippen LogP contribution >= 0.6 is 11.6 Å². The highest BCUT2D eigenvalue weighted by atomic mass is 35.5. The summed E-state index contributed by atoms with van der Waals surface area (Å²) < 4.78 is 1.57. The van der Waals surface area contributed by atoms with Gasteiger partial charge in [0.15, 0.2) is 0 Å². The summed E-state index contributed by atoms with van der Waals surface area (Å²) in [7, 11) is 0. The lowest BCUT2D eigenvalue weighted by Gasteiger charge is -2.23. The fraction of sp³-hybridized carbons (Fsp3) is 0.0625. The number of hydrogen-bond donors (Lipinski definition) is 1. The molecule has 124 valence electrons. The number of rotatable bonds is 3. The van der Waals surface area contributed by atoms with Gasteiger partial charge < -0.3 is 5.32 Å². The minimum absolute atomic E-state index is 0.0124. The first-order valence-electron chi connectivity index (χ1n) is 7.39. The van der Waals surface area contributed by atoms with E-state index in [1.165, 1.54) is 12.1 Å². The molecule has 0 spiro atoms. The second kappa shape index (κ2) is 5.99. The van der Waals surface area contributed by atoms with Gasteiger partial charge in [-0.3, -0.25) is 10.1 Å². The summed E-state index contributed by atoms with van der Waals surface area (Å²) >= 11 is 6.29. The normalized spacial score (nSPS) is 15.9. The van der Waals surface area contributed by atoms with Crippen molar-refractivity contribution < 1.29 is 4.92 Å². The molecule has 0 bridgehead atoms. The van der Waals surface area contributed by atoms with Crippen LogP contribution in [0.5, 0.6) is 0 Å². The van der Waals surface area contributed by atoms with Crippen LogP contribution in [0, 0.1) is 10.1 Å². The molecule has 0 saturated heterocycles. The van der Waals surface area contributed by atoms with Crippen molar-refractivity contribution in [2.45, 2.75) is 6.04 Å². The van der Waals surface area contributed by atoms with Crippen LogP contribution in [-0.4, -0.2) is 25.1 Å². The zero-order valence-electron chi connectivity index (χ0n) is 12.7. The van der Waals surface area contributed by atoms with E-state index in [4.69, 9.17) is 11.6 Å². The average Bonchev–Trinajstić information content (AvgIpc) is 3.10. The number of benzene rings is 2. The second-order valence-corrected chi connectivity index (χ2v) is 5.84. The maximum atomic E-state index is 11.1. The number of nitro benzene ring substituents is 1. The zero-order chi connectivity index (χ0) is 17.4. The summed E-state index contributed by atoms with van der Waals surface area (Å²) in [4.78, 5) is 10.6. The van der Waals surface area contributed by atoms with Gasteiger partial charge in [-0.2, -0.15) is 4.68 Å². The number of non-ortho nitro benzene ring substituents is 1. The number of anilines is 1. The van der Waals surface area contributed by atoms with Gasteiger partial charge in [-0.15, -0.1) is 0 Å². The summed E-state index contributed by atoms with van der Waals surface area (Å²) in [6.45, 7) is 0. The van der Waals surface area contributed by atoms with E-state index in [9.17, 15) is 10.1 Å². The Labute approximate surface area is 146 Å². The second-order valence-electron chi connectivity index (χ2n) is 5.43. The SMILES string of the molecule is O=[N+]([O-])c1cccc(C2C=C(c3ccccc3Cl)Nc3nnnn32)c1. The van der Waals surface area contributed by atoms with Crippen molar-refractivity contribution in [1.82, 2.24) is 20.2 Å². The number of hydrogen-bond acceptors (Lipinski definition) is 6. The monoisotopic (exact) mass is 354 g/mol. The molecule has 2 heterocycles. The first-order chi connectivity index (χ1) is 12.1. The van der Waals surface area contributed by atoms with Crippen LogP contribution in [0.25, 0.3) is 5.70 Å². The third-order valence-corrected chi connectivity index (χ3v) is 4.24. The first-order valence-corrected chi connectivity index (χ1v) is 7.77. The van der Waals surface area contributed by atoms with Crippen molar-refractivity contribution in [2.75, 3.05) is 5.32 Å². The molecule has 0 fully saturated rings. The number of allylic oxidation sites excluding steroid dienone is 1. The summed E-state index contributed by atoms with van der Waals surface area (Å²) in [6, 6.07) is 13.4. The van der Waals surface area contributed by atoms with Gasteiger partial charge in [-0.25, -0.2) is 0 Å². The van der Waals surface area contributed by atoms with Crippen LogP contribution in [0.4, 0.5) is 11.6 Å². The van der Waals surface area contributed by atoms with Gasteiger partial charge >= 0.3 is 0 Å². The Balaban J connectivity index is 1.84. The summed E-state index contributed by atoms with van der Waals surface area (Å²) in [5, 5.41) is 26.4. The average molecular weight is 355 g/mol. The van der Waals surface area contributed by atoms with E-state index in [1.54, 1.807) is 22.9 Å². The number of tetrazole rings is 1. The highest BCUT2D eigenvalue weighted by Crippen LogP contribution is 2.34. The number of aromatic nitrogens is 4. The van der Waals surface area contributed by atoms with Gasteiger partial charge in [-0.05, 0) is 28.1 Å². The molecule has 0 saturated carbocycles. The Morgan fingerprint density at radius 2 is 2.04 bits per heavy atom. The lowest BCUT2D eigenvalue weighted by atomic mass is 10.0. The Bertz CT molecular complexity index is 1000. The molecule has 3 aromatic rings. The molecule has 1 N–H and O–H groups in total. The summed E-state index contributed by atoms with van der Waals surface area (Å²) in [5.74, 6) is 0.439. The van der Waals surface area contributed by atoms with Crippen molar-refractivity contribution in [3.63, 3.8) is 0 Å². The fourth-order valence-electron chi connectivity index (χ4n) is 2.75. The molecule has 25 heavy (non-hydrogen) atoms. The van der Waals surface area contributed by atoms with Crippen molar-refractivity contribution in [3.8, 4) is 0 Å². The summed E-state index contributed by atoms with van der Waals surface area (Å²) in [6.07, 6.45) is 1.89. The van der Waals surface area contributed by atoms with E-state index < -0.39 is 11.0 Å². The molecule has 0 aliphatic carbocycles. The third kappa shape index (κ3) is 2.72. The topological polar surface area (TPSA) is 98.8 Å². The van der Waals surface area contributed by atoms with Crippen LogP contribution < -0.4 is 5.32 Å². The number of nitrogens with one attached hydrogen (secondary N) is 1. The smallest absolute Gasteiger partial charge is 0.269 e. The highest BCUT2D eigenvalue weighted by molar-refractivity contribution is 6.32. The van der Waals surface area contributed by atoms with E-state index in [0.29, 0.717) is 16.5 Å². The lowest BCUT2D eigenvalue weighted by molar-refractivity contribution is -0.384.